The Morgan fingerprint density at radius 2 is 1.27 bits per heavy atom. The highest BCUT2D eigenvalue weighted by molar-refractivity contribution is 6.10. The van der Waals surface area contributed by atoms with Gasteiger partial charge in [-0.05, 0) is 95.4 Å². The molecule has 0 saturated heterocycles. The first kappa shape index (κ1) is 24.9. The summed E-state index contributed by atoms with van der Waals surface area (Å²) < 4.78 is 8.70. The highest BCUT2D eigenvalue weighted by Gasteiger charge is 2.21. The van der Waals surface area contributed by atoms with Gasteiger partial charge in [0.15, 0.2) is 0 Å². The SMILES string of the molecule is C1=C(c2ccc3c(c2)c2ccccc2n3-c2ccc(-c3ccccc3)cc2)CCc2oc3ccc(-c4ccccn4)cc3c21. The van der Waals surface area contributed by atoms with E-state index in [4.69, 9.17) is 4.42 Å². The van der Waals surface area contributed by atoms with Crippen molar-refractivity contribution < 1.29 is 4.42 Å². The van der Waals surface area contributed by atoms with Crippen LogP contribution >= 0.6 is 0 Å². The smallest absolute Gasteiger partial charge is 0.134 e. The first-order chi connectivity index (χ1) is 21.8. The van der Waals surface area contributed by atoms with Gasteiger partial charge in [0.1, 0.15) is 11.3 Å². The van der Waals surface area contributed by atoms with E-state index >= 15 is 0 Å². The Morgan fingerprint density at radius 3 is 2.14 bits per heavy atom. The van der Waals surface area contributed by atoms with Crippen molar-refractivity contribution >= 4 is 44.4 Å². The second kappa shape index (κ2) is 9.96. The molecule has 0 bridgehead atoms. The van der Waals surface area contributed by atoms with E-state index in [2.05, 4.69) is 137 Å². The number of fused-ring (bicyclic) bond motifs is 6. The number of aryl methyl sites for hydroxylation is 1. The number of pyridine rings is 1. The molecule has 9 rings (SSSR count). The monoisotopic (exact) mass is 564 g/mol. The predicted octanol–water partition coefficient (Wildman–Crippen LogP) is 10.7. The minimum absolute atomic E-state index is 0.891. The Hall–Kier alpha value is -5.67. The summed E-state index contributed by atoms with van der Waals surface area (Å²) in [5, 5.41) is 3.69. The van der Waals surface area contributed by atoms with Crippen LogP contribution in [0.15, 0.2) is 144 Å². The lowest BCUT2D eigenvalue weighted by Gasteiger charge is -2.14. The van der Waals surface area contributed by atoms with E-state index in [1.54, 1.807) is 0 Å². The van der Waals surface area contributed by atoms with Crippen LogP contribution < -0.4 is 0 Å². The van der Waals surface area contributed by atoms with E-state index in [0.29, 0.717) is 0 Å². The first-order valence-electron chi connectivity index (χ1n) is 15.2. The zero-order valence-electron chi connectivity index (χ0n) is 24.1. The van der Waals surface area contributed by atoms with Crippen molar-refractivity contribution in [2.24, 2.45) is 0 Å². The number of para-hydroxylation sites is 1. The van der Waals surface area contributed by atoms with Gasteiger partial charge >= 0.3 is 0 Å². The Balaban J connectivity index is 1.15. The van der Waals surface area contributed by atoms with E-state index in [1.165, 1.54) is 55.3 Å². The molecule has 1 aliphatic carbocycles. The lowest BCUT2D eigenvalue weighted by Crippen LogP contribution is -1.97. The van der Waals surface area contributed by atoms with Crippen molar-refractivity contribution in [3.05, 3.63) is 157 Å². The number of aromatic nitrogens is 2. The van der Waals surface area contributed by atoms with Crippen LogP contribution in [0.2, 0.25) is 0 Å². The van der Waals surface area contributed by atoms with E-state index in [0.717, 1.165) is 40.8 Å². The predicted molar refractivity (Wildman–Crippen MR) is 182 cm³/mol. The molecule has 0 unspecified atom stereocenters. The summed E-state index contributed by atoms with van der Waals surface area (Å²) in [7, 11) is 0. The molecule has 0 atom stereocenters. The summed E-state index contributed by atoms with van der Waals surface area (Å²) >= 11 is 0. The summed E-state index contributed by atoms with van der Waals surface area (Å²) in [5.74, 6) is 1.07. The van der Waals surface area contributed by atoms with Crippen molar-refractivity contribution in [3.63, 3.8) is 0 Å². The lowest BCUT2D eigenvalue weighted by atomic mass is 9.90. The molecule has 3 aromatic heterocycles. The van der Waals surface area contributed by atoms with Crippen LogP contribution in [0.3, 0.4) is 0 Å². The number of rotatable bonds is 4. The molecule has 0 saturated carbocycles. The van der Waals surface area contributed by atoms with Gasteiger partial charge in [-0.15, -0.1) is 0 Å². The standard InChI is InChI=1S/C41H28N2O/c1-2-8-27(9-3-1)28-13-18-32(19-14-28)43-38-12-5-4-10-33(38)34-24-29(15-20-39(34)43)30-16-21-40-35(25-30)36-26-31(17-22-41(36)44-40)37-11-6-7-23-42-37/h1-15,17-20,22-26H,16,21H2. The molecule has 0 spiro atoms. The number of hydrogen-bond acceptors (Lipinski definition) is 2. The summed E-state index contributed by atoms with van der Waals surface area (Å²) in [5.41, 5.74) is 12.9. The Bertz CT molecular complexity index is 2360. The van der Waals surface area contributed by atoms with Crippen molar-refractivity contribution in [1.29, 1.82) is 0 Å². The zero-order chi connectivity index (χ0) is 29.0. The van der Waals surface area contributed by atoms with Crippen LogP contribution in [-0.2, 0) is 6.42 Å². The number of nitrogens with zero attached hydrogens (tertiary/aromatic N) is 2. The summed E-state index contributed by atoms with van der Waals surface area (Å²) in [6.45, 7) is 0. The van der Waals surface area contributed by atoms with E-state index < -0.39 is 0 Å². The third-order valence-electron chi connectivity index (χ3n) is 8.98. The maximum Gasteiger partial charge on any atom is 0.134 e. The van der Waals surface area contributed by atoms with Gasteiger partial charge in [0.25, 0.3) is 0 Å². The average Bonchev–Trinajstić information content (AvgIpc) is 3.63. The van der Waals surface area contributed by atoms with Gasteiger partial charge in [-0.1, -0.05) is 72.8 Å². The molecule has 3 heteroatoms. The molecular formula is C41H28N2O. The summed E-state index contributed by atoms with van der Waals surface area (Å²) in [6.07, 6.45) is 6.03. The van der Waals surface area contributed by atoms with Crippen LogP contribution in [0.25, 0.3) is 72.5 Å². The molecular weight excluding hydrogens is 536 g/mol. The Labute approximate surface area is 255 Å². The molecule has 44 heavy (non-hydrogen) atoms. The maximum atomic E-state index is 6.31. The first-order valence-corrected chi connectivity index (χ1v) is 15.2. The molecule has 3 heterocycles. The molecule has 5 aromatic carbocycles. The minimum Gasteiger partial charge on any atom is -0.460 e. The van der Waals surface area contributed by atoms with Crippen LogP contribution in [-0.4, -0.2) is 9.55 Å². The topological polar surface area (TPSA) is 31.0 Å². The molecule has 1 aliphatic rings. The fourth-order valence-corrected chi connectivity index (χ4v) is 6.81. The van der Waals surface area contributed by atoms with Gasteiger partial charge in [-0.2, -0.15) is 0 Å². The van der Waals surface area contributed by atoms with Crippen molar-refractivity contribution in [3.8, 4) is 28.1 Å². The normalized spacial score (nSPS) is 13.0. The largest absolute Gasteiger partial charge is 0.460 e. The van der Waals surface area contributed by atoms with E-state index in [9.17, 15) is 0 Å². The average molecular weight is 565 g/mol. The summed E-state index contributed by atoms with van der Waals surface area (Å²) in [4.78, 5) is 4.56. The van der Waals surface area contributed by atoms with Gasteiger partial charge < -0.3 is 8.98 Å². The van der Waals surface area contributed by atoms with Gasteiger partial charge in [0, 0.05) is 45.6 Å². The van der Waals surface area contributed by atoms with Crippen LogP contribution in [0.1, 0.15) is 23.3 Å². The fraction of sp³-hybridized carbons (Fsp3) is 0.0488. The molecule has 208 valence electrons. The van der Waals surface area contributed by atoms with E-state index in [-0.39, 0.29) is 0 Å². The number of hydrogen-bond donors (Lipinski definition) is 0. The fourth-order valence-electron chi connectivity index (χ4n) is 6.81. The second-order valence-electron chi connectivity index (χ2n) is 11.5. The molecule has 0 fully saturated rings. The number of allylic oxidation sites excluding steroid dienone is 1. The third kappa shape index (κ3) is 4.01. The van der Waals surface area contributed by atoms with E-state index in [1.807, 2.05) is 18.3 Å². The number of benzene rings is 5. The minimum atomic E-state index is 0.891. The van der Waals surface area contributed by atoms with Crippen molar-refractivity contribution in [2.45, 2.75) is 12.8 Å². The van der Waals surface area contributed by atoms with Crippen LogP contribution in [0, 0.1) is 0 Å². The third-order valence-corrected chi connectivity index (χ3v) is 8.98. The quantitative estimate of drug-likeness (QED) is 0.213. The molecule has 0 aliphatic heterocycles. The molecule has 3 nitrogen and oxygen atoms in total. The molecule has 0 radical (unpaired) electrons. The Morgan fingerprint density at radius 1 is 0.545 bits per heavy atom. The summed E-state index contributed by atoms with van der Waals surface area (Å²) in [6, 6.07) is 47.6. The van der Waals surface area contributed by atoms with Crippen LogP contribution in [0.5, 0.6) is 0 Å². The molecule has 0 amide bonds. The zero-order valence-corrected chi connectivity index (χ0v) is 24.1. The second-order valence-corrected chi connectivity index (χ2v) is 11.5. The highest BCUT2D eigenvalue weighted by Crippen LogP contribution is 2.40. The molecule has 0 N–H and O–H groups in total. The molecule has 8 aromatic rings. The van der Waals surface area contributed by atoms with Gasteiger partial charge in [-0.3, -0.25) is 4.98 Å². The van der Waals surface area contributed by atoms with Gasteiger partial charge in [0.2, 0.25) is 0 Å². The number of furan rings is 1. The van der Waals surface area contributed by atoms with Gasteiger partial charge in [-0.25, -0.2) is 0 Å². The van der Waals surface area contributed by atoms with Crippen molar-refractivity contribution in [1.82, 2.24) is 9.55 Å². The van der Waals surface area contributed by atoms with Crippen LogP contribution in [0.4, 0.5) is 0 Å². The maximum absolute atomic E-state index is 6.31. The highest BCUT2D eigenvalue weighted by atomic mass is 16.3. The van der Waals surface area contributed by atoms with Crippen molar-refractivity contribution in [2.75, 3.05) is 0 Å². The Kier molecular flexibility index (Phi) is 5.63. The lowest BCUT2D eigenvalue weighted by molar-refractivity contribution is 0.548. The van der Waals surface area contributed by atoms with Gasteiger partial charge in [0.05, 0.1) is 16.7 Å².